The minimum absolute atomic E-state index is 0.00624. The molecule has 2 heterocycles. The minimum atomic E-state index is -0.226. The number of aliphatic hydroxyl groups excluding tert-OH is 1. The van der Waals surface area contributed by atoms with Gasteiger partial charge in [-0.05, 0) is 19.4 Å². The van der Waals surface area contributed by atoms with Gasteiger partial charge in [0.25, 0.3) is 5.56 Å². The van der Waals surface area contributed by atoms with Crippen LogP contribution in [0.5, 0.6) is 0 Å². The lowest BCUT2D eigenvalue weighted by molar-refractivity contribution is 0.271. The van der Waals surface area contributed by atoms with E-state index in [0.717, 1.165) is 11.3 Å². The van der Waals surface area contributed by atoms with Crippen LogP contribution in [-0.4, -0.2) is 31.5 Å². The molecule has 1 unspecified atom stereocenters. The van der Waals surface area contributed by atoms with E-state index in [9.17, 15) is 9.90 Å². The second-order valence-electron chi connectivity index (χ2n) is 5.81. The smallest absolute Gasteiger partial charge is 0.277 e. The van der Waals surface area contributed by atoms with Gasteiger partial charge < -0.3 is 10.1 Å². The molecule has 1 aromatic carbocycles. The Labute approximate surface area is 133 Å². The molecule has 2 N–H and O–H groups in total. The van der Waals surface area contributed by atoms with Gasteiger partial charge >= 0.3 is 0 Å². The maximum Gasteiger partial charge on any atom is 0.277 e. The lowest BCUT2D eigenvalue weighted by Gasteiger charge is -2.10. The molecule has 3 aromatic rings. The van der Waals surface area contributed by atoms with Gasteiger partial charge in [-0.2, -0.15) is 5.10 Å². The summed E-state index contributed by atoms with van der Waals surface area (Å²) in [7, 11) is 0. The van der Waals surface area contributed by atoms with Crippen molar-refractivity contribution in [3.63, 3.8) is 0 Å². The van der Waals surface area contributed by atoms with Crippen LogP contribution in [0.4, 0.5) is 0 Å². The summed E-state index contributed by atoms with van der Waals surface area (Å²) < 4.78 is 1.54. The third kappa shape index (κ3) is 2.77. The highest BCUT2D eigenvalue weighted by molar-refractivity contribution is 5.77. The zero-order valence-corrected chi connectivity index (χ0v) is 13.5. The summed E-state index contributed by atoms with van der Waals surface area (Å²) in [6.45, 7) is 6.04. The molecule has 0 spiro atoms. The molecule has 0 saturated heterocycles. The fourth-order valence-corrected chi connectivity index (χ4v) is 2.79. The Kier molecular flexibility index (Phi) is 4.00. The van der Waals surface area contributed by atoms with Crippen LogP contribution in [-0.2, 0) is 6.54 Å². The van der Waals surface area contributed by atoms with E-state index in [2.05, 4.69) is 39.3 Å². The summed E-state index contributed by atoms with van der Waals surface area (Å²) in [5.41, 5.74) is 3.86. The average molecular weight is 312 g/mol. The number of H-pyrrole nitrogens is 1. The van der Waals surface area contributed by atoms with E-state index in [1.165, 1.54) is 5.56 Å². The first-order valence-electron chi connectivity index (χ1n) is 7.66. The molecule has 0 saturated carbocycles. The van der Waals surface area contributed by atoms with E-state index in [0.29, 0.717) is 16.9 Å². The van der Waals surface area contributed by atoms with Crippen LogP contribution in [0.2, 0.25) is 0 Å². The summed E-state index contributed by atoms with van der Waals surface area (Å²) in [4.78, 5) is 19.5. The second kappa shape index (κ2) is 5.96. The maximum absolute atomic E-state index is 12.3. The number of aromatic nitrogens is 4. The molecule has 0 aliphatic rings. The summed E-state index contributed by atoms with van der Waals surface area (Å²) in [6.07, 6.45) is 0. The van der Waals surface area contributed by atoms with Gasteiger partial charge in [0.05, 0.1) is 18.8 Å². The lowest BCUT2D eigenvalue weighted by Crippen LogP contribution is -2.15. The Morgan fingerprint density at radius 2 is 1.96 bits per heavy atom. The van der Waals surface area contributed by atoms with Gasteiger partial charge in [-0.25, -0.2) is 4.98 Å². The lowest BCUT2D eigenvalue weighted by atomic mass is 9.96. The van der Waals surface area contributed by atoms with Crippen molar-refractivity contribution in [3.8, 4) is 0 Å². The van der Waals surface area contributed by atoms with Gasteiger partial charge in [0, 0.05) is 5.92 Å². The molecule has 3 rings (SSSR count). The number of nitrogens with zero attached hydrogens (tertiary/aromatic N) is 3. The molecule has 0 fully saturated rings. The quantitative estimate of drug-likeness (QED) is 0.770. The van der Waals surface area contributed by atoms with E-state index in [1.807, 2.05) is 13.8 Å². The molecule has 120 valence electrons. The van der Waals surface area contributed by atoms with Gasteiger partial charge in [0.15, 0.2) is 5.52 Å². The molecule has 1 atom stereocenters. The Morgan fingerprint density at radius 1 is 1.26 bits per heavy atom. The number of aryl methyl sites for hydroxylation is 2. The number of hydrogen-bond donors (Lipinski definition) is 2. The Hall–Kier alpha value is -2.47. The highest BCUT2D eigenvalue weighted by Crippen LogP contribution is 2.27. The highest BCUT2D eigenvalue weighted by atomic mass is 16.3. The molecule has 6 heteroatoms. The van der Waals surface area contributed by atoms with Crippen molar-refractivity contribution in [1.82, 2.24) is 19.7 Å². The molecule has 23 heavy (non-hydrogen) atoms. The third-order valence-electron chi connectivity index (χ3n) is 4.04. The molecular weight excluding hydrogens is 292 g/mol. The normalized spacial score (nSPS) is 12.7. The molecule has 2 aromatic heterocycles. The number of rotatable bonds is 4. The van der Waals surface area contributed by atoms with Gasteiger partial charge in [-0.15, -0.1) is 0 Å². The predicted octanol–water partition coefficient (Wildman–Crippen LogP) is 1.88. The summed E-state index contributed by atoms with van der Waals surface area (Å²) in [5, 5.41) is 13.8. The number of benzene rings is 1. The Morgan fingerprint density at radius 3 is 2.61 bits per heavy atom. The van der Waals surface area contributed by atoms with Gasteiger partial charge in [-0.1, -0.05) is 36.8 Å². The second-order valence-corrected chi connectivity index (χ2v) is 5.81. The Bertz CT molecular complexity index is 893. The number of nitrogens with one attached hydrogen (secondary N) is 1. The van der Waals surface area contributed by atoms with E-state index in [1.54, 1.807) is 11.6 Å². The van der Waals surface area contributed by atoms with Crippen LogP contribution in [0.25, 0.3) is 11.0 Å². The maximum atomic E-state index is 12.3. The number of aliphatic hydroxyl groups is 1. The summed E-state index contributed by atoms with van der Waals surface area (Å²) in [5.74, 6) is 0.565. The van der Waals surface area contributed by atoms with E-state index in [-0.39, 0.29) is 24.6 Å². The van der Waals surface area contributed by atoms with Gasteiger partial charge in [-0.3, -0.25) is 9.48 Å². The van der Waals surface area contributed by atoms with Crippen molar-refractivity contribution in [1.29, 1.82) is 0 Å². The molecule has 0 bridgehead atoms. The van der Waals surface area contributed by atoms with Crippen LogP contribution < -0.4 is 5.56 Å². The molecule has 0 radical (unpaired) electrons. The molecule has 6 nitrogen and oxygen atoms in total. The van der Waals surface area contributed by atoms with E-state index < -0.39 is 0 Å². The van der Waals surface area contributed by atoms with Crippen LogP contribution in [0, 0.1) is 13.8 Å². The van der Waals surface area contributed by atoms with E-state index in [4.69, 9.17) is 0 Å². The Balaban J connectivity index is 2.20. The SMILES string of the molecule is Cc1ccc(C(C)c2nn(CCO)c3c(=O)[nH]c(C)nc23)cc1. The van der Waals surface area contributed by atoms with Crippen molar-refractivity contribution in [2.24, 2.45) is 0 Å². The largest absolute Gasteiger partial charge is 0.394 e. The third-order valence-corrected chi connectivity index (χ3v) is 4.04. The van der Waals surface area contributed by atoms with Crippen molar-refractivity contribution in [2.45, 2.75) is 33.2 Å². The first kappa shape index (κ1) is 15.4. The number of hydrogen-bond acceptors (Lipinski definition) is 4. The topological polar surface area (TPSA) is 83.8 Å². The molecule has 0 amide bonds. The van der Waals surface area contributed by atoms with Gasteiger partial charge in [0.2, 0.25) is 0 Å². The molecule has 0 aliphatic carbocycles. The van der Waals surface area contributed by atoms with Crippen molar-refractivity contribution in [2.75, 3.05) is 6.61 Å². The fraction of sp³-hybridized carbons (Fsp3) is 0.353. The van der Waals surface area contributed by atoms with Gasteiger partial charge in [0.1, 0.15) is 11.3 Å². The van der Waals surface area contributed by atoms with Crippen LogP contribution in [0.15, 0.2) is 29.1 Å². The van der Waals surface area contributed by atoms with Crippen molar-refractivity contribution >= 4 is 11.0 Å². The van der Waals surface area contributed by atoms with Crippen LogP contribution in [0.1, 0.15) is 35.5 Å². The highest BCUT2D eigenvalue weighted by Gasteiger charge is 2.21. The zero-order valence-electron chi connectivity index (χ0n) is 13.5. The standard InChI is InChI=1S/C17H20N4O2/c1-10-4-6-13(7-5-10)11(2)14-15-16(21(20-14)8-9-22)17(23)19-12(3)18-15/h4-7,11,22H,8-9H2,1-3H3,(H,18,19,23). The monoisotopic (exact) mass is 312 g/mol. The molecule has 0 aliphatic heterocycles. The summed E-state index contributed by atoms with van der Waals surface area (Å²) in [6, 6.07) is 8.25. The summed E-state index contributed by atoms with van der Waals surface area (Å²) >= 11 is 0. The van der Waals surface area contributed by atoms with Crippen LogP contribution >= 0.6 is 0 Å². The van der Waals surface area contributed by atoms with Crippen molar-refractivity contribution < 1.29 is 5.11 Å². The van der Waals surface area contributed by atoms with E-state index >= 15 is 0 Å². The fourth-order valence-electron chi connectivity index (χ4n) is 2.79. The average Bonchev–Trinajstić information content (AvgIpc) is 2.86. The van der Waals surface area contributed by atoms with Crippen LogP contribution in [0.3, 0.4) is 0 Å². The number of aromatic amines is 1. The number of fused-ring (bicyclic) bond motifs is 1. The molecular formula is C17H20N4O2. The first-order valence-corrected chi connectivity index (χ1v) is 7.66. The van der Waals surface area contributed by atoms with Crippen molar-refractivity contribution in [3.05, 3.63) is 57.3 Å². The zero-order chi connectivity index (χ0) is 16.6. The minimum Gasteiger partial charge on any atom is -0.394 e. The predicted molar refractivity (Wildman–Crippen MR) is 88.7 cm³/mol. The first-order chi connectivity index (χ1) is 11.0.